The summed E-state index contributed by atoms with van der Waals surface area (Å²) in [6, 6.07) is 3.56. The number of hydrogen-bond donors (Lipinski definition) is 1. The van der Waals surface area contributed by atoms with E-state index in [1.54, 1.807) is 22.9 Å². The van der Waals surface area contributed by atoms with Crippen LogP contribution in [0.3, 0.4) is 0 Å². The molecule has 0 aliphatic heterocycles. The predicted octanol–water partition coefficient (Wildman–Crippen LogP) is 1.82. The number of nitrogens with one attached hydrogen (secondary N) is 1. The molecule has 5 nitrogen and oxygen atoms in total. The maximum atomic E-state index is 11.9. The Morgan fingerprint density at radius 2 is 2.33 bits per heavy atom. The summed E-state index contributed by atoms with van der Waals surface area (Å²) < 4.78 is 2.65. The highest BCUT2D eigenvalue weighted by Crippen LogP contribution is 2.13. The number of aryl methyl sites for hydroxylation is 2. The van der Waals surface area contributed by atoms with Crippen molar-refractivity contribution in [1.82, 2.24) is 19.9 Å². The summed E-state index contributed by atoms with van der Waals surface area (Å²) in [6.45, 7) is 2.21. The summed E-state index contributed by atoms with van der Waals surface area (Å²) in [4.78, 5) is 20.2. The maximum absolute atomic E-state index is 11.9. The van der Waals surface area contributed by atoms with Gasteiger partial charge in [0.2, 0.25) is 0 Å². The number of aromatic nitrogens is 3. The van der Waals surface area contributed by atoms with Crippen LogP contribution < -0.4 is 5.32 Å². The van der Waals surface area contributed by atoms with E-state index < -0.39 is 0 Å². The third kappa shape index (κ3) is 2.95. The van der Waals surface area contributed by atoms with Gasteiger partial charge in [0.05, 0.1) is 12.2 Å². The Morgan fingerprint density at radius 1 is 1.56 bits per heavy atom. The first kappa shape index (κ1) is 12.8. The Bertz CT molecular complexity index is 579. The molecule has 1 amide bonds. The zero-order chi connectivity index (χ0) is 13.1. The Balaban J connectivity index is 2.03. The quantitative estimate of drug-likeness (QED) is 0.941. The molecule has 2 rings (SSSR count). The monoisotopic (exact) mass is 308 g/mol. The third-order valence-electron chi connectivity index (χ3n) is 2.47. The molecule has 2 heterocycles. The molecule has 0 bridgehead atoms. The number of rotatable bonds is 3. The van der Waals surface area contributed by atoms with E-state index in [0.717, 1.165) is 10.2 Å². The normalized spacial score (nSPS) is 10.4. The number of amides is 1. The Morgan fingerprint density at radius 3 is 2.94 bits per heavy atom. The highest BCUT2D eigenvalue weighted by atomic mass is 79.9. The SMILES string of the molecule is Cc1nccc(CNC(=O)c2cc(Br)cn2C)n1. The largest absolute Gasteiger partial charge is 0.345 e. The lowest BCUT2D eigenvalue weighted by atomic mass is 10.3. The lowest BCUT2D eigenvalue weighted by molar-refractivity contribution is 0.0942. The predicted molar refractivity (Wildman–Crippen MR) is 71.1 cm³/mol. The highest BCUT2D eigenvalue weighted by Gasteiger charge is 2.10. The highest BCUT2D eigenvalue weighted by molar-refractivity contribution is 9.10. The fraction of sp³-hybridized carbons (Fsp3) is 0.250. The van der Waals surface area contributed by atoms with E-state index in [1.807, 2.05) is 20.2 Å². The first-order valence-corrected chi connectivity index (χ1v) is 6.24. The summed E-state index contributed by atoms with van der Waals surface area (Å²) in [5.41, 5.74) is 1.40. The molecule has 0 fully saturated rings. The van der Waals surface area contributed by atoms with Crippen molar-refractivity contribution >= 4 is 21.8 Å². The van der Waals surface area contributed by atoms with Gasteiger partial charge in [0.15, 0.2) is 0 Å². The second kappa shape index (κ2) is 5.30. The average molecular weight is 309 g/mol. The van der Waals surface area contributed by atoms with Gasteiger partial charge in [-0.15, -0.1) is 0 Å². The molecule has 0 aliphatic carbocycles. The number of carbonyl (C=O) groups is 1. The number of carbonyl (C=O) groups excluding carboxylic acids is 1. The second-order valence-corrected chi connectivity index (χ2v) is 4.85. The molecule has 0 atom stereocenters. The fourth-order valence-electron chi connectivity index (χ4n) is 1.61. The summed E-state index contributed by atoms with van der Waals surface area (Å²) in [6.07, 6.45) is 3.52. The molecular formula is C12H13BrN4O. The lowest BCUT2D eigenvalue weighted by Crippen LogP contribution is -2.25. The standard InChI is InChI=1S/C12H13BrN4O/c1-8-14-4-3-10(16-8)6-15-12(18)11-5-9(13)7-17(11)2/h3-5,7H,6H2,1-2H3,(H,15,18). The topological polar surface area (TPSA) is 59.8 Å². The molecule has 0 unspecified atom stereocenters. The van der Waals surface area contributed by atoms with Gasteiger partial charge in [-0.25, -0.2) is 9.97 Å². The maximum Gasteiger partial charge on any atom is 0.268 e. The number of hydrogen-bond acceptors (Lipinski definition) is 3. The van der Waals surface area contributed by atoms with Crippen LogP contribution in [0.2, 0.25) is 0 Å². The molecule has 1 N–H and O–H groups in total. The molecule has 94 valence electrons. The van der Waals surface area contributed by atoms with Gasteiger partial charge in [-0.2, -0.15) is 0 Å². The zero-order valence-corrected chi connectivity index (χ0v) is 11.7. The van der Waals surface area contributed by atoms with E-state index in [4.69, 9.17) is 0 Å². The van der Waals surface area contributed by atoms with Crippen LogP contribution in [-0.2, 0) is 13.6 Å². The summed E-state index contributed by atoms with van der Waals surface area (Å²) >= 11 is 3.34. The summed E-state index contributed by atoms with van der Waals surface area (Å²) in [5.74, 6) is 0.572. The molecule has 0 aliphatic rings. The van der Waals surface area contributed by atoms with Gasteiger partial charge in [-0.05, 0) is 35.0 Å². The van der Waals surface area contributed by atoms with Gasteiger partial charge in [-0.3, -0.25) is 4.79 Å². The fourth-order valence-corrected chi connectivity index (χ4v) is 2.14. The Kier molecular flexibility index (Phi) is 3.76. The van der Waals surface area contributed by atoms with E-state index in [0.29, 0.717) is 18.1 Å². The second-order valence-electron chi connectivity index (χ2n) is 3.93. The van der Waals surface area contributed by atoms with E-state index in [9.17, 15) is 4.79 Å². The number of halogens is 1. The first-order valence-electron chi connectivity index (χ1n) is 5.45. The van der Waals surface area contributed by atoms with Gasteiger partial charge in [0.25, 0.3) is 5.91 Å². The zero-order valence-electron chi connectivity index (χ0n) is 10.1. The molecule has 0 aromatic carbocycles. The Hall–Kier alpha value is -1.69. The van der Waals surface area contributed by atoms with Gasteiger partial charge < -0.3 is 9.88 Å². The van der Waals surface area contributed by atoms with Crippen LogP contribution in [0.4, 0.5) is 0 Å². The minimum absolute atomic E-state index is 0.125. The molecule has 0 spiro atoms. The van der Waals surface area contributed by atoms with Crippen LogP contribution in [0.15, 0.2) is 29.0 Å². The van der Waals surface area contributed by atoms with Crippen LogP contribution in [0.25, 0.3) is 0 Å². The van der Waals surface area contributed by atoms with Gasteiger partial charge in [0, 0.05) is 23.9 Å². The van der Waals surface area contributed by atoms with E-state index in [1.165, 1.54) is 0 Å². The van der Waals surface area contributed by atoms with Crippen molar-refractivity contribution in [3.05, 3.63) is 46.2 Å². The van der Waals surface area contributed by atoms with Crippen molar-refractivity contribution in [1.29, 1.82) is 0 Å². The Labute approximate surface area is 113 Å². The van der Waals surface area contributed by atoms with Crippen molar-refractivity contribution in [3.8, 4) is 0 Å². The van der Waals surface area contributed by atoms with Crippen LogP contribution in [0, 0.1) is 6.92 Å². The van der Waals surface area contributed by atoms with Crippen molar-refractivity contribution in [2.75, 3.05) is 0 Å². The van der Waals surface area contributed by atoms with Crippen molar-refractivity contribution in [2.45, 2.75) is 13.5 Å². The van der Waals surface area contributed by atoms with Crippen molar-refractivity contribution < 1.29 is 4.79 Å². The minimum atomic E-state index is -0.125. The van der Waals surface area contributed by atoms with Gasteiger partial charge in [-0.1, -0.05) is 0 Å². The average Bonchev–Trinajstić information content (AvgIpc) is 2.66. The summed E-state index contributed by atoms with van der Waals surface area (Å²) in [5, 5.41) is 2.83. The van der Waals surface area contributed by atoms with Gasteiger partial charge >= 0.3 is 0 Å². The molecule has 6 heteroatoms. The van der Waals surface area contributed by atoms with Gasteiger partial charge in [0.1, 0.15) is 11.5 Å². The smallest absolute Gasteiger partial charge is 0.268 e. The first-order chi connectivity index (χ1) is 8.56. The van der Waals surface area contributed by atoms with Crippen molar-refractivity contribution in [3.63, 3.8) is 0 Å². The summed E-state index contributed by atoms with van der Waals surface area (Å²) in [7, 11) is 1.83. The van der Waals surface area contributed by atoms with Crippen molar-refractivity contribution in [2.24, 2.45) is 7.05 Å². The molecule has 2 aromatic rings. The van der Waals surface area contributed by atoms with E-state index >= 15 is 0 Å². The van der Waals surface area contributed by atoms with Crippen LogP contribution in [-0.4, -0.2) is 20.4 Å². The minimum Gasteiger partial charge on any atom is -0.345 e. The molecule has 0 saturated heterocycles. The third-order valence-corrected chi connectivity index (χ3v) is 2.90. The lowest BCUT2D eigenvalue weighted by Gasteiger charge is -2.05. The molecular weight excluding hydrogens is 296 g/mol. The molecule has 2 aromatic heterocycles. The molecule has 0 radical (unpaired) electrons. The molecule has 0 saturated carbocycles. The number of nitrogens with zero attached hydrogens (tertiary/aromatic N) is 3. The van der Waals surface area contributed by atoms with Crippen LogP contribution >= 0.6 is 15.9 Å². The van der Waals surface area contributed by atoms with Crippen LogP contribution in [0.1, 0.15) is 22.0 Å². The van der Waals surface area contributed by atoms with E-state index in [2.05, 4.69) is 31.2 Å². The van der Waals surface area contributed by atoms with E-state index in [-0.39, 0.29) is 5.91 Å². The molecule has 18 heavy (non-hydrogen) atoms. The van der Waals surface area contributed by atoms with Crippen LogP contribution in [0.5, 0.6) is 0 Å².